The second-order valence-corrected chi connectivity index (χ2v) is 8.18. The van der Waals surface area contributed by atoms with Crippen molar-refractivity contribution in [1.82, 2.24) is 0 Å². The van der Waals surface area contributed by atoms with Gasteiger partial charge in [0.1, 0.15) is 5.75 Å². The van der Waals surface area contributed by atoms with Crippen LogP contribution in [0, 0.1) is 5.92 Å². The average Bonchev–Trinajstić information content (AvgIpc) is 2.71. The summed E-state index contributed by atoms with van der Waals surface area (Å²) in [6, 6.07) is 5.78. The standard InChI is InChI=1S/C19H29BO3/c1-18(2)19(3,4)23-20(22-18)16-10-11-17(21)15(13-16)12-14-8-6-5-7-9-14/h10-11,13-14,21H,5-9,12H2,1-4H3. The molecule has 3 rings (SSSR count). The minimum absolute atomic E-state index is 0.334. The zero-order valence-corrected chi connectivity index (χ0v) is 14.9. The first kappa shape index (κ1) is 16.8. The maximum atomic E-state index is 10.2. The zero-order chi connectivity index (χ0) is 16.7. The van der Waals surface area contributed by atoms with E-state index in [1.165, 1.54) is 32.1 Å². The fourth-order valence-corrected chi connectivity index (χ4v) is 3.60. The molecule has 1 aliphatic heterocycles. The summed E-state index contributed by atoms with van der Waals surface area (Å²) in [4.78, 5) is 0. The van der Waals surface area contributed by atoms with E-state index in [0.29, 0.717) is 11.7 Å². The Balaban J connectivity index is 1.78. The van der Waals surface area contributed by atoms with Crippen LogP contribution < -0.4 is 5.46 Å². The lowest BCUT2D eigenvalue weighted by molar-refractivity contribution is 0.00578. The molecule has 1 saturated heterocycles. The number of hydrogen-bond donors (Lipinski definition) is 1. The second kappa shape index (κ2) is 6.14. The van der Waals surface area contributed by atoms with Crippen LogP contribution in [0.1, 0.15) is 65.4 Å². The first-order chi connectivity index (χ1) is 10.8. The summed E-state index contributed by atoms with van der Waals surface area (Å²) in [5, 5.41) is 10.2. The fraction of sp³-hybridized carbons (Fsp3) is 0.684. The van der Waals surface area contributed by atoms with Gasteiger partial charge in [0, 0.05) is 0 Å². The van der Waals surface area contributed by atoms with Crippen LogP contribution in [0.4, 0.5) is 0 Å². The van der Waals surface area contributed by atoms with Crippen molar-refractivity contribution in [2.45, 2.75) is 77.4 Å². The smallest absolute Gasteiger partial charge is 0.494 e. The summed E-state index contributed by atoms with van der Waals surface area (Å²) >= 11 is 0. The van der Waals surface area contributed by atoms with Gasteiger partial charge in [0.25, 0.3) is 0 Å². The van der Waals surface area contributed by atoms with Crippen molar-refractivity contribution in [3.8, 4) is 5.75 Å². The lowest BCUT2D eigenvalue weighted by atomic mass is 9.77. The van der Waals surface area contributed by atoms with E-state index in [2.05, 4.69) is 33.8 Å². The van der Waals surface area contributed by atoms with Crippen LogP contribution in [0.5, 0.6) is 5.75 Å². The van der Waals surface area contributed by atoms with Gasteiger partial charge in [-0.25, -0.2) is 0 Å². The van der Waals surface area contributed by atoms with Gasteiger partial charge in [0.15, 0.2) is 0 Å². The minimum Gasteiger partial charge on any atom is -0.508 e. The SMILES string of the molecule is CC1(C)OB(c2ccc(O)c(CC3CCCCC3)c2)OC1(C)C. The highest BCUT2D eigenvalue weighted by atomic mass is 16.7. The molecule has 3 nitrogen and oxygen atoms in total. The molecule has 1 heterocycles. The molecule has 2 fully saturated rings. The van der Waals surface area contributed by atoms with E-state index in [0.717, 1.165) is 17.4 Å². The summed E-state index contributed by atoms with van der Waals surface area (Å²) in [6.07, 6.45) is 7.51. The Morgan fingerprint density at radius 2 is 1.65 bits per heavy atom. The molecule has 2 aliphatic rings. The molecule has 126 valence electrons. The van der Waals surface area contributed by atoms with Crippen molar-refractivity contribution in [3.05, 3.63) is 23.8 Å². The highest BCUT2D eigenvalue weighted by molar-refractivity contribution is 6.62. The van der Waals surface area contributed by atoms with E-state index < -0.39 is 0 Å². The van der Waals surface area contributed by atoms with Crippen LogP contribution >= 0.6 is 0 Å². The first-order valence-electron chi connectivity index (χ1n) is 8.96. The molecule has 4 heteroatoms. The number of rotatable bonds is 3. The maximum Gasteiger partial charge on any atom is 0.494 e. The van der Waals surface area contributed by atoms with Gasteiger partial charge < -0.3 is 14.4 Å². The van der Waals surface area contributed by atoms with Crippen LogP contribution in [0.25, 0.3) is 0 Å². The Bertz CT molecular complexity index is 546. The molecule has 0 bridgehead atoms. The van der Waals surface area contributed by atoms with Crippen molar-refractivity contribution in [1.29, 1.82) is 0 Å². The van der Waals surface area contributed by atoms with Crippen LogP contribution in [0.2, 0.25) is 0 Å². The van der Waals surface area contributed by atoms with Crippen molar-refractivity contribution in [2.75, 3.05) is 0 Å². The predicted molar refractivity (Wildman–Crippen MR) is 94.1 cm³/mol. The van der Waals surface area contributed by atoms with Gasteiger partial charge in [0.05, 0.1) is 11.2 Å². The van der Waals surface area contributed by atoms with E-state index in [-0.39, 0.29) is 18.3 Å². The molecule has 1 saturated carbocycles. The van der Waals surface area contributed by atoms with Crippen molar-refractivity contribution < 1.29 is 14.4 Å². The summed E-state index contributed by atoms with van der Waals surface area (Å²) in [5.41, 5.74) is 1.37. The molecule has 1 N–H and O–H groups in total. The number of phenolic OH excluding ortho intramolecular Hbond substituents is 1. The van der Waals surface area contributed by atoms with E-state index in [1.807, 2.05) is 6.07 Å². The lowest BCUT2D eigenvalue weighted by Gasteiger charge is -2.32. The van der Waals surface area contributed by atoms with E-state index >= 15 is 0 Å². The fourth-order valence-electron chi connectivity index (χ4n) is 3.60. The molecular formula is C19H29BO3. The van der Waals surface area contributed by atoms with E-state index in [1.54, 1.807) is 6.07 Å². The average molecular weight is 316 g/mol. The molecule has 0 unspecified atom stereocenters. The maximum absolute atomic E-state index is 10.2. The number of hydrogen-bond acceptors (Lipinski definition) is 3. The lowest BCUT2D eigenvalue weighted by Crippen LogP contribution is -2.41. The summed E-state index contributed by atoms with van der Waals surface area (Å²) in [6.45, 7) is 8.26. The summed E-state index contributed by atoms with van der Waals surface area (Å²) < 4.78 is 12.3. The molecule has 0 amide bonds. The third-order valence-electron chi connectivity index (χ3n) is 5.86. The topological polar surface area (TPSA) is 38.7 Å². The molecule has 23 heavy (non-hydrogen) atoms. The Hall–Kier alpha value is -0.995. The summed E-state index contributed by atoms with van der Waals surface area (Å²) in [7, 11) is -0.356. The minimum atomic E-state index is -0.356. The van der Waals surface area contributed by atoms with Gasteiger partial charge in [-0.3, -0.25) is 0 Å². The monoisotopic (exact) mass is 316 g/mol. The van der Waals surface area contributed by atoms with Crippen LogP contribution in [-0.2, 0) is 15.7 Å². The number of phenols is 1. The van der Waals surface area contributed by atoms with Gasteiger partial charge in [-0.1, -0.05) is 44.2 Å². The Morgan fingerprint density at radius 1 is 1.04 bits per heavy atom. The first-order valence-corrected chi connectivity index (χ1v) is 8.96. The van der Waals surface area contributed by atoms with E-state index in [4.69, 9.17) is 9.31 Å². The molecule has 1 aromatic rings. The quantitative estimate of drug-likeness (QED) is 0.862. The third kappa shape index (κ3) is 3.43. The third-order valence-corrected chi connectivity index (χ3v) is 5.86. The van der Waals surface area contributed by atoms with Crippen LogP contribution in [-0.4, -0.2) is 23.4 Å². The molecular weight excluding hydrogens is 287 g/mol. The largest absolute Gasteiger partial charge is 0.508 e. The highest BCUT2D eigenvalue weighted by Crippen LogP contribution is 2.37. The van der Waals surface area contributed by atoms with Crippen molar-refractivity contribution >= 4 is 12.6 Å². The van der Waals surface area contributed by atoms with Crippen LogP contribution in [0.15, 0.2) is 18.2 Å². The normalized spacial score (nSPS) is 24.1. The Kier molecular flexibility index (Phi) is 4.50. The molecule has 0 aromatic heterocycles. The van der Waals surface area contributed by atoms with Gasteiger partial charge in [-0.2, -0.15) is 0 Å². The van der Waals surface area contributed by atoms with Crippen molar-refractivity contribution in [2.24, 2.45) is 5.92 Å². The van der Waals surface area contributed by atoms with E-state index in [9.17, 15) is 5.11 Å². The highest BCUT2D eigenvalue weighted by Gasteiger charge is 2.51. The molecule has 0 radical (unpaired) electrons. The number of aromatic hydroxyl groups is 1. The van der Waals surface area contributed by atoms with Crippen molar-refractivity contribution in [3.63, 3.8) is 0 Å². The van der Waals surface area contributed by atoms with Gasteiger partial charge >= 0.3 is 7.12 Å². The second-order valence-electron chi connectivity index (χ2n) is 8.18. The molecule has 0 spiro atoms. The van der Waals surface area contributed by atoms with Crippen LogP contribution in [0.3, 0.4) is 0 Å². The zero-order valence-electron chi connectivity index (χ0n) is 14.9. The number of benzene rings is 1. The Morgan fingerprint density at radius 3 is 2.26 bits per heavy atom. The van der Waals surface area contributed by atoms with Gasteiger partial charge in [0.2, 0.25) is 0 Å². The van der Waals surface area contributed by atoms with Gasteiger partial charge in [-0.15, -0.1) is 0 Å². The van der Waals surface area contributed by atoms with Gasteiger partial charge in [-0.05, 0) is 57.1 Å². The predicted octanol–water partition coefficient (Wildman–Crippen LogP) is 3.81. The molecule has 1 aromatic carbocycles. The summed E-state index contributed by atoms with van der Waals surface area (Å²) in [5.74, 6) is 1.10. The molecule has 0 atom stereocenters. The Labute approximate surface area is 140 Å². The molecule has 1 aliphatic carbocycles.